The van der Waals surface area contributed by atoms with Gasteiger partial charge < -0.3 is 5.11 Å². The molecule has 0 radical (unpaired) electrons. The van der Waals surface area contributed by atoms with Crippen molar-refractivity contribution >= 4 is 6.08 Å². The van der Waals surface area contributed by atoms with Crippen molar-refractivity contribution in [2.24, 2.45) is 0 Å². The van der Waals surface area contributed by atoms with Gasteiger partial charge in [-0.25, -0.2) is 0 Å². The van der Waals surface area contributed by atoms with Crippen molar-refractivity contribution in [2.75, 3.05) is 0 Å². The number of nitrogens with zero attached hydrogens (tertiary/aromatic N) is 1. The molecule has 0 spiro atoms. The van der Waals surface area contributed by atoms with Gasteiger partial charge in [0, 0.05) is 12.6 Å². The Hall–Kier alpha value is -1.57. The third-order valence-corrected chi connectivity index (χ3v) is 1.84. The molecule has 0 atom stereocenters. The van der Waals surface area contributed by atoms with E-state index in [-0.39, 0.29) is 0 Å². The summed E-state index contributed by atoms with van der Waals surface area (Å²) < 4.78 is 0. The van der Waals surface area contributed by atoms with Crippen LogP contribution in [-0.4, -0.2) is 10.1 Å². The summed E-state index contributed by atoms with van der Waals surface area (Å²) in [5, 5.41) is 9.32. The van der Waals surface area contributed by atoms with E-state index in [1.807, 2.05) is 24.3 Å². The van der Waals surface area contributed by atoms with Crippen LogP contribution in [0.4, 0.5) is 0 Å². The topological polar surface area (TPSA) is 33.1 Å². The highest BCUT2D eigenvalue weighted by Crippen LogP contribution is 2.14. The average Bonchev–Trinajstić information content (AvgIpc) is 2.25. The Bertz CT molecular complexity index is 353. The van der Waals surface area contributed by atoms with Crippen LogP contribution in [0.5, 0.6) is 0 Å². The Morgan fingerprint density at radius 3 is 3.25 bits per heavy atom. The minimum Gasteiger partial charge on any atom is -0.512 e. The van der Waals surface area contributed by atoms with Crippen LogP contribution in [0.3, 0.4) is 0 Å². The SMILES string of the molecule is OC1=CC=Cc2ncccc2C1. The molecule has 60 valence electrons. The third kappa shape index (κ3) is 1.23. The number of pyridine rings is 1. The zero-order chi connectivity index (χ0) is 8.39. The van der Waals surface area contributed by atoms with Crippen LogP contribution in [0, 0.1) is 0 Å². The van der Waals surface area contributed by atoms with Crippen LogP contribution in [-0.2, 0) is 6.42 Å². The molecule has 12 heavy (non-hydrogen) atoms. The second kappa shape index (κ2) is 2.81. The molecule has 0 unspecified atom stereocenters. The first kappa shape index (κ1) is 7.10. The van der Waals surface area contributed by atoms with Gasteiger partial charge in [0.05, 0.1) is 11.5 Å². The summed E-state index contributed by atoms with van der Waals surface area (Å²) in [6, 6.07) is 3.85. The largest absolute Gasteiger partial charge is 0.512 e. The molecule has 0 aliphatic heterocycles. The Labute approximate surface area is 70.9 Å². The summed E-state index contributed by atoms with van der Waals surface area (Å²) in [4.78, 5) is 4.18. The van der Waals surface area contributed by atoms with Crippen molar-refractivity contribution in [1.82, 2.24) is 4.98 Å². The molecular weight excluding hydrogens is 150 g/mol. The fourth-order valence-corrected chi connectivity index (χ4v) is 1.25. The summed E-state index contributed by atoms with van der Waals surface area (Å²) in [5.74, 6) is 0.387. The maximum absolute atomic E-state index is 9.32. The van der Waals surface area contributed by atoms with Crippen molar-refractivity contribution in [3.63, 3.8) is 0 Å². The molecule has 0 bridgehead atoms. The van der Waals surface area contributed by atoms with Crippen LogP contribution < -0.4 is 0 Å². The van der Waals surface area contributed by atoms with Crippen molar-refractivity contribution in [2.45, 2.75) is 6.42 Å². The highest BCUT2D eigenvalue weighted by molar-refractivity contribution is 5.53. The molecule has 0 saturated carbocycles. The summed E-state index contributed by atoms with van der Waals surface area (Å²) in [7, 11) is 0. The molecule has 0 aromatic carbocycles. The zero-order valence-electron chi connectivity index (χ0n) is 6.57. The summed E-state index contributed by atoms with van der Waals surface area (Å²) >= 11 is 0. The lowest BCUT2D eigenvalue weighted by atomic mass is 10.1. The van der Waals surface area contributed by atoms with Crippen molar-refractivity contribution in [1.29, 1.82) is 0 Å². The van der Waals surface area contributed by atoms with Gasteiger partial charge in [0.2, 0.25) is 0 Å². The van der Waals surface area contributed by atoms with Crippen LogP contribution in [0.25, 0.3) is 6.08 Å². The standard InChI is InChI=1S/C10H9NO/c12-9-4-1-5-10-8(7-9)3-2-6-11-10/h1-6,12H,7H2. The van der Waals surface area contributed by atoms with Crippen LogP contribution in [0.1, 0.15) is 11.3 Å². The maximum atomic E-state index is 9.32. The minimum atomic E-state index is 0.387. The molecule has 0 saturated heterocycles. The average molecular weight is 159 g/mol. The van der Waals surface area contributed by atoms with Crippen molar-refractivity contribution in [3.8, 4) is 0 Å². The number of fused-ring (bicyclic) bond motifs is 1. The number of allylic oxidation sites excluding steroid dienone is 3. The summed E-state index contributed by atoms with van der Waals surface area (Å²) in [6.45, 7) is 0. The third-order valence-electron chi connectivity index (χ3n) is 1.84. The normalized spacial score (nSPS) is 14.8. The van der Waals surface area contributed by atoms with Gasteiger partial charge in [-0.15, -0.1) is 0 Å². The van der Waals surface area contributed by atoms with Gasteiger partial charge in [-0.05, 0) is 23.8 Å². The smallest absolute Gasteiger partial charge is 0.0967 e. The Kier molecular flexibility index (Phi) is 1.67. The molecule has 1 aliphatic rings. The molecule has 2 nitrogen and oxygen atoms in total. The number of aliphatic hydroxyl groups excluding tert-OH is 1. The van der Waals surface area contributed by atoms with Gasteiger partial charge in [0.15, 0.2) is 0 Å². The van der Waals surface area contributed by atoms with E-state index in [0.29, 0.717) is 12.2 Å². The Morgan fingerprint density at radius 2 is 2.33 bits per heavy atom. The quantitative estimate of drug-likeness (QED) is 0.628. The fraction of sp³-hybridized carbons (Fsp3) is 0.100. The van der Waals surface area contributed by atoms with Gasteiger partial charge >= 0.3 is 0 Å². The first-order valence-electron chi connectivity index (χ1n) is 3.86. The van der Waals surface area contributed by atoms with Gasteiger partial charge in [-0.3, -0.25) is 4.98 Å². The molecule has 0 amide bonds. The van der Waals surface area contributed by atoms with Crippen LogP contribution >= 0.6 is 0 Å². The number of hydrogen-bond donors (Lipinski definition) is 1. The fourth-order valence-electron chi connectivity index (χ4n) is 1.25. The molecule has 1 aromatic rings. The van der Waals surface area contributed by atoms with Crippen molar-refractivity contribution in [3.05, 3.63) is 47.5 Å². The number of rotatable bonds is 0. The monoisotopic (exact) mass is 159 g/mol. The van der Waals surface area contributed by atoms with Gasteiger partial charge in [0.1, 0.15) is 0 Å². The molecule has 1 N–H and O–H groups in total. The molecule has 1 aliphatic carbocycles. The molecule has 0 fully saturated rings. The van der Waals surface area contributed by atoms with E-state index < -0.39 is 0 Å². The second-order valence-corrected chi connectivity index (χ2v) is 2.74. The highest BCUT2D eigenvalue weighted by atomic mass is 16.3. The number of aromatic nitrogens is 1. The zero-order valence-corrected chi connectivity index (χ0v) is 6.57. The Balaban J connectivity index is 2.49. The van der Waals surface area contributed by atoms with E-state index in [1.165, 1.54) is 0 Å². The van der Waals surface area contributed by atoms with E-state index in [1.54, 1.807) is 12.3 Å². The lowest BCUT2D eigenvalue weighted by Gasteiger charge is -2.00. The van der Waals surface area contributed by atoms with Gasteiger partial charge in [-0.2, -0.15) is 0 Å². The minimum absolute atomic E-state index is 0.387. The Morgan fingerprint density at radius 1 is 1.42 bits per heavy atom. The summed E-state index contributed by atoms with van der Waals surface area (Å²) in [5.41, 5.74) is 2.01. The van der Waals surface area contributed by atoms with E-state index in [0.717, 1.165) is 11.3 Å². The molecule has 2 rings (SSSR count). The number of hydrogen-bond acceptors (Lipinski definition) is 2. The lowest BCUT2D eigenvalue weighted by molar-refractivity contribution is 0.399. The molecule has 1 aromatic heterocycles. The predicted octanol–water partition coefficient (Wildman–Crippen LogP) is 2.09. The summed E-state index contributed by atoms with van der Waals surface area (Å²) in [6.07, 6.45) is 7.75. The maximum Gasteiger partial charge on any atom is 0.0967 e. The van der Waals surface area contributed by atoms with Gasteiger partial charge in [-0.1, -0.05) is 12.1 Å². The lowest BCUT2D eigenvalue weighted by Crippen LogP contribution is -1.92. The van der Waals surface area contributed by atoms with Gasteiger partial charge in [0.25, 0.3) is 0 Å². The van der Waals surface area contributed by atoms with Crippen LogP contribution in [0.2, 0.25) is 0 Å². The number of aliphatic hydroxyl groups is 1. The van der Waals surface area contributed by atoms with Crippen molar-refractivity contribution < 1.29 is 5.11 Å². The van der Waals surface area contributed by atoms with Crippen LogP contribution in [0.15, 0.2) is 36.2 Å². The first-order valence-corrected chi connectivity index (χ1v) is 3.86. The molecule has 2 heteroatoms. The molecule has 1 heterocycles. The predicted molar refractivity (Wildman–Crippen MR) is 47.7 cm³/mol. The van der Waals surface area contributed by atoms with E-state index in [9.17, 15) is 5.11 Å². The first-order chi connectivity index (χ1) is 5.86. The van der Waals surface area contributed by atoms with E-state index in [2.05, 4.69) is 4.98 Å². The molecular formula is C10H9NO. The van der Waals surface area contributed by atoms with E-state index in [4.69, 9.17) is 0 Å². The highest BCUT2D eigenvalue weighted by Gasteiger charge is 2.04. The van der Waals surface area contributed by atoms with E-state index >= 15 is 0 Å². The second-order valence-electron chi connectivity index (χ2n) is 2.74.